The zero-order chi connectivity index (χ0) is 13.2. The Morgan fingerprint density at radius 3 is 2.68 bits per heavy atom. The molecule has 1 aromatic heterocycles. The third-order valence-corrected chi connectivity index (χ3v) is 4.45. The van der Waals surface area contributed by atoms with E-state index in [1.807, 2.05) is 6.92 Å². The Morgan fingerprint density at radius 2 is 2.05 bits per heavy atom. The maximum absolute atomic E-state index is 12.3. The van der Waals surface area contributed by atoms with E-state index in [1.54, 1.807) is 4.68 Å². The number of rotatable bonds is 3. The fraction of sp³-hybridized carbons (Fsp3) is 0.846. The minimum Gasteiger partial charge on any atom is -0.342 e. The van der Waals surface area contributed by atoms with Gasteiger partial charge in [-0.3, -0.25) is 4.79 Å². The summed E-state index contributed by atoms with van der Waals surface area (Å²) >= 11 is 0. The summed E-state index contributed by atoms with van der Waals surface area (Å²) in [4.78, 5) is 14.3. The van der Waals surface area contributed by atoms with Gasteiger partial charge in [0.15, 0.2) is 0 Å². The molecule has 2 fully saturated rings. The lowest BCUT2D eigenvalue weighted by Crippen LogP contribution is -2.45. The first-order chi connectivity index (χ1) is 9.22. The highest BCUT2D eigenvalue weighted by Gasteiger charge is 2.32. The van der Waals surface area contributed by atoms with Crippen molar-refractivity contribution in [2.24, 2.45) is 11.8 Å². The Kier molecular flexibility index (Phi) is 3.48. The van der Waals surface area contributed by atoms with Crippen LogP contribution in [0.15, 0.2) is 0 Å². The summed E-state index contributed by atoms with van der Waals surface area (Å²) in [6.07, 6.45) is 5.78. The van der Waals surface area contributed by atoms with Crippen LogP contribution in [0.5, 0.6) is 0 Å². The van der Waals surface area contributed by atoms with Crippen molar-refractivity contribution in [2.75, 3.05) is 13.1 Å². The molecular formula is C13H21N5O. The first kappa shape index (κ1) is 12.6. The average molecular weight is 263 g/mol. The Hall–Kier alpha value is -1.46. The highest BCUT2D eigenvalue weighted by molar-refractivity contribution is 5.76. The monoisotopic (exact) mass is 263 g/mol. The lowest BCUT2D eigenvalue weighted by molar-refractivity contribution is -0.135. The molecule has 1 saturated heterocycles. The third kappa shape index (κ3) is 2.77. The van der Waals surface area contributed by atoms with E-state index in [0.717, 1.165) is 30.7 Å². The van der Waals surface area contributed by atoms with E-state index >= 15 is 0 Å². The Bertz CT molecular complexity index is 446. The number of aromatic nitrogens is 4. The molecule has 3 rings (SSSR count). The predicted octanol–water partition coefficient (Wildman–Crippen LogP) is 1.02. The smallest absolute Gasteiger partial charge is 0.224 e. The van der Waals surface area contributed by atoms with Gasteiger partial charge in [0.05, 0.1) is 6.54 Å². The van der Waals surface area contributed by atoms with E-state index in [4.69, 9.17) is 0 Å². The average Bonchev–Trinajstić information content (AvgIpc) is 2.81. The lowest BCUT2D eigenvalue weighted by atomic mass is 9.78. The van der Waals surface area contributed by atoms with Crippen molar-refractivity contribution in [3.8, 4) is 0 Å². The number of piperidine rings is 1. The maximum Gasteiger partial charge on any atom is 0.224 e. The van der Waals surface area contributed by atoms with Crippen LogP contribution in [0.1, 0.15) is 37.9 Å². The molecule has 2 heterocycles. The summed E-state index contributed by atoms with van der Waals surface area (Å²) < 4.78 is 1.70. The number of hydrogen-bond acceptors (Lipinski definition) is 4. The minimum atomic E-state index is 0.256. The van der Waals surface area contributed by atoms with E-state index in [1.165, 1.54) is 25.7 Å². The van der Waals surface area contributed by atoms with Gasteiger partial charge in [0.25, 0.3) is 0 Å². The molecule has 1 aliphatic carbocycles. The standard InChI is InChI=1S/C13H21N5O/c1-10-14-15-16-18(10)6-5-13(19)17-8-11-3-2-4-12(7-11)9-17/h11-12H,2-9H2,1H3. The van der Waals surface area contributed by atoms with Crippen molar-refractivity contribution in [1.29, 1.82) is 0 Å². The Balaban J connectivity index is 1.54. The van der Waals surface area contributed by atoms with Crippen LogP contribution >= 0.6 is 0 Å². The van der Waals surface area contributed by atoms with Crippen LogP contribution in [0.3, 0.4) is 0 Å². The molecular weight excluding hydrogens is 242 g/mol. The summed E-state index contributed by atoms with van der Waals surface area (Å²) in [5.74, 6) is 2.51. The van der Waals surface area contributed by atoms with Gasteiger partial charge in [-0.05, 0) is 48.4 Å². The first-order valence-corrected chi connectivity index (χ1v) is 7.23. The number of fused-ring (bicyclic) bond motifs is 2. The van der Waals surface area contributed by atoms with Gasteiger partial charge in [-0.1, -0.05) is 6.42 Å². The molecule has 2 unspecified atom stereocenters. The second-order valence-corrected chi connectivity index (χ2v) is 5.90. The molecule has 1 aromatic rings. The van der Waals surface area contributed by atoms with Gasteiger partial charge in [0.2, 0.25) is 5.91 Å². The van der Waals surface area contributed by atoms with Crippen molar-refractivity contribution in [3.05, 3.63) is 5.82 Å². The summed E-state index contributed by atoms with van der Waals surface area (Å²) in [5, 5.41) is 11.3. The van der Waals surface area contributed by atoms with E-state index in [-0.39, 0.29) is 5.91 Å². The molecule has 2 aliphatic rings. The normalized spacial score (nSPS) is 26.5. The van der Waals surface area contributed by atoms with E-state index in [0.29, 0.717) is 13.0 Å². The molecule has 0 N–H and O–H groups in total. The van der Waals surface area contributed by atoms with Crippen LogP contribution in [0.4, 0.5) is 0 Å². The summed E-state index contributed by atoms with van der Waals surface area (Å²) in [5.41, 5.74) is 0. The maximum atomic E-state index is 12.3. The van der Waals surface area contributed by atoms with Gasteiger partial charge >= 0.3 is 0 Å². The van der Waals surface area contributed by atoms with Gasteiger partial charge in [-0.15, -0.1) is 5.10 Å². The van der Waals surface area contributed by atoms with Gasteiger partial charge in [0.1, 0.15) is 5.82 Å². The number of nitrogens with zero attached hydrogens (tertiary/aromatic N) is 5. The number of likely N-dealkylation sites (tertiary alicyclic amines) is 1. The van der Waals surface area contributed by atoms with Gasteiger partial charge in [0, 0.05) is 19.5 Å². The van der Waals surface area contributed by atoms with Gasteiger partial charge in [-0.25, -0.2) is 4.68 Å². The van der Waals surface area contributed by atoms with Crippen molar-refractivity contribution in [3.63, 3.8) is 0 Å². The van der Waals surface area contributed by atoms with Crippen LogP contribution in [-0.2, 0) is 11.3 Å². The molecule has 2 bridgehead atoms. The molecule has 1 aliphatic heterocycles. The Labute approximate surface area is 113 Å². The first-order valence-electron chi connectivity index (χ1n) is 7.23. The number of aryl methyl sites for hydroxylation is 2. The summed E-state index contributed by atoms with van der Waals surface area (Å²) in [7, 11) is 0. The number of tetrazole rings is 1. The molecule has 19 heavy (non-hydrogen) atoms. The number of amides is 1. The molecule has 6 heteroatoms. The predicted molar refractivity (Wildman–Crippen MR) is 69.2 cm³/mol. The second-order valence-electron chi connectivity index (χ2n) is 5.90. The number of hydrogen-bond donors (Lipinski definition) is 0. The van der Waals surface area contributed by atoms with E-state index in [9.17, 15) is 4.79 Å². The summed E-state index contributed by atoms with van der Waals surface area (Å²) in [6, 6.07) is 0. The summed E-state index contributed by atoms with van der Waals surface area (Å²) in [6.45, 7) is 4.37. The molecule has 0 spiro atoms. The lowest BCUT2D eigenvalue weighted by Gasteiger charge is -2.41. The zero-order valence-electron chi connectivity index (χ0n) is 11.5. The van der Waals surface area contributed by atoms with Crippen LogP contribution in [0, 0.1) is 18.8 Å². The molecule has 6 nitrogen and oxygen atoms in total. The van der Waals surface area contributed by atoms with Crippen LogP contribution in [0.25, 0.3) is 0 Å². The van der Waals surface area contributed by atoms with Crippen LogP contribution < -0.4 is 0 Å². The molecule has 1 saturated carbocycles. The van der Waals surface area contributed by atoms with Crippen molar-refractivity contribution >= 4 is 5.91 Å². The highest BCUT2D eigenvalue weighted by Crippen LogP contribution is 2.34. The second kappa shape index (κ2) is 5.27. The molecule has 1 amide bonds. The Morgan fingerprint density at radius 1 is 1.32 bits per heavy atom. The topological polar surface area (TPSA) is 63.9 Å². The van der Waals surface area contributed by atoms with Crippen LogP contribution in [-0.4, -0.2) is 44.1 Å². The van der Waals surface area contributed by atoms with E-state index < -0.39 is 0 Å². The molecule has 2 atom stereocenters. The molecule has 0 radical (unpaired) electrons. The van der Waals surface area contributed by atoms with Crippen molar-refractivity contribution in [1.82, 2.24) is 25.1 Å². The fourth-order valence-corrected chi connectivity index (χ4v) is 3.45. The zero-order valence-corrected chi connectivity index (χ0v) is 11.5. The minimum absolute atomic E-state index is 0.256. The highest BCUT2D eigenvalue weighted by atomic mass is 16.2. The number of carbonyl (C=O) groups is 1. The van der Waals surface area contributed by atoms with Crippen molar-refractivity contribution < 1.29 is 4.79 Å². The SMILES string of the molecule is Cc1nnnn1CCC(=O)N1CC2CCCC(C2)C1. The van der Waals surface area contributed by atoms with Crippen molar-refractivity contribution in [2.45, 2.75) is 45.6 Å². The number of carbonyl (C=O) groups excluding carboxylic acids is 1. The molecule has 104 valence electrons. The van der Waals surface area contributed by atoms with E-state index in [2.05, 4.69) is 20.4 Å². The van der Waals surface area contributed by atoms with Gasteiger partial charge in [-0.2, -0.15) is 0 Å². The quantitative estimate of drug-likeness (QED) is 0.816. The fourth-order valence-electron chi connectivity index (χ4n) is 3.45. The van der Waals surface area contributed by atoms with Gasteiger partial charge < -0.3 is 4.90 Å². The molecule has 0 aromatic carbocycles. The largest absolute Gasteiger partial charge is 0.342 e. The van der Waals surface area contributed by atoms with Crippen LogP contribution in [0.2, 0.25) is 0 Å². The third-order valence-electron chi connectivity index (χ3n) is 4.45.